The van der Waals surface area contributed by atoms with Gasteiger partial charge in [0.1, 0.15) is 30.8 Å². The third-order valence-corrected chi connectivity index (χ3v) is 5.40. The molecule has 1 atom stereocenters. The molecule has 3 heterocycles. The molecule has 1 amide bonds. The zero-order valence-corrected chi connectivity index (χ0v) is 16.1. The number of nitrogens with one attached hydrogen (secondary N) is 3. The molecule has 1 unspecified atom stereocenters. The maximum Gasteiger partial charge on any atom is 0.262 e. The van der Waals surface area contributed by atoms with Crippen LogP contribution in [0.4, 0.5) is 11.4 Å². The fourth-order valence-corrected chi connectivity index (χ4v) is 3.63. The first-order valence-electron chi connectivity index (χ1n) is 9.79. The summed E-state index contributed by atoms with van der Waals surface area (Å²) in [7, 11) is 0. The van der Waals surface area contributed by atoms with Gasteiger partial charge in [0, 0.05) is 19.2 Å². The van der Waals surface area contributed by atoms with Crippen molar-refractivity contribution in [2.24, 2.45) is 5.10 Å². The molecule has 29 heavy (non-hydrogen) atoms. The molecule has 0 saturated carbocycles. The van der Waals surface area contributed by atoms with Crippen molar-refractivity contribution in [3.05, 3.63) is 48.0 Å². The molecule has 8 heteroatoms. The summed E-state index contributed by atoms with van der Waals surface area (Å²) in [5.74, 6) is 1.97. The molecular weight excluding hydrogens is 370 g/mol. The van der Waals surface area contributed by atoms with Crippen molar-refractivity contribution >= 4 is 23.1 Å². The normalized spacial score (nSPS) is 20.4. The molecule has 1 fully saturated rings. The first-order valence-corrected chi connectivity index (χ1v) is 9.79. The van der Waals surface area contributed by atoms with Gasteiger partial charge in [-0.15, -0.1) is 0 Å². The minimum absolute atomic E-state index is 0.135. The van der Waals surface area contributed by atoms with E-state index >= 15 is 0 Å². The largest absolute Gasteiger partial charge is 0.487 e. The minimum Gasteiger partial charge on any atom is -0.487 e. The lowest BCUT2D eigenvalue weighted by atomic mass is 10.1. The van der Waals surface area contributed by atoms with Crippen molar-refractivity contribution < 1.29 is 14.3 Å². The zero-order chi connectivity index (χ0) is 19.8. The van der Waals surface area contributed by atoms with Gasteiger partial charge >= 0.3 is 0 Å². The maximum atomic E-state index is 12.2. The van der Waals surface area contributed by atoms with E-state index in [1.165, 1.54) is 0 Å². The van der Waals surface area contributed by atoms with Crippen LogP contribution in [0.25, 0.3) is 0 Å². The average molecular weight is 393 g/mol. The smallest absolute Gasteiger partial charge is 0.262 e. The number of carbonyl (C=O) groups is 1. The predicted octanol–water partition coefficient (Wildman–Crippen LogP) is 1.68. The van der Waals surface area contributed by atoms with Gasteiger partial charge < -0.3 is 25.0 Å². The highest BCUT2D eigenvalue weighted by Gasteiger charge is 2.36. The number of benzene rings is 2. The quantitative estimate of drug-likeness (QED) is 0.717. The van der Waals surface area contributed by atoms with Crippen molar-refractivity contribution in [3.63, 3.8) is 0 Å². The van der Waals surface area contributed by atoms with Gasteiger partial charge in [-0.2, -0.15) is 5.10 Å². The molecule has 3 aliphatic heterocycles. The van der Waals surface area contributed by atoms with E-state index in [-0.39, 0.29) is 11.9 Å². The zero-order valence-electron chi connectivity index (χ0n) is 16.1. The summed E-state index contributed by atoms with van der Waals surface area (Å²) in [6.07, 6.45) is 0. The number of anilines is 2. The van der Waals surface area contributed by atoms with Gasteiger partial charge in [0.2, 0.25) is 0 Å². The van der Waals surface area contributed by atoms with E-state index < -0.39 is 0 Å². The Kier molecular flexibility index (Phi) is 4.48. The van der Waals surface area contributed by atoms with Crippen LogP contribution < -0.4 is 30.4 Å². The van der Waals surface area contributed by atoms with E-state index in [1.807, 2.05) is 54.3 Å². The van der Waals surface area contributed by atoms with Crippen molar-refractivity contribution in [2.45, 2.75) is 25.6 Å². The number of hydrazone groups is 1. The van der Waals surface area contributed by atoms with Crippen LogP contribution >= 0.6 is 0 Å². The monoisotopic (exact) mass is 393 g/mol. The number of nitrogens with zero attached hydrogens (tertiary/aromatic N) is 2. The number of amides is 1. The number of fused-ring (bicyclic) bond motifs is 3. The van der Waals surface area contributed by atoms with Crippen molar-refractivity contribution in [1.29, 1.82) is 0 Å². The highest BCUT2D eigenvalue weighted by Crippen LogP contribution is 2.42. The molecule has 0 spiro atoms. The molecule has 8 nitrogen and oxygen atoms in total. The van der Waals surface area contributed by atoms with Gasteiger partial charge in [-0.3, -0.25) is 4.79 Å². The summed E-state index contributed by atoms with van der Waals surface area (Å²) in [4.78, 5) is 14.1. The van der Waals surface area contributed by atoms with E-state index in [4.69, 9.17) is 9.47 Å². The molecule has 0 aromatic heterocycles. The highest BCUT2D eigenvalue weighted by atomic mass is 16.5. The van der Waals surface area contributed by atoms with Gasteiger partial charge in [-0.05, 0) is 18.6 Å². The number of rotatable bonds is 5. The summed E-state index contributed by atoms with van der Waals surface area (Å²) in [6, 6.07) is 13.9. The van der Waals surface area contributed by atoms with Gasteiger partial charge in [-0.1, -0.05) is 30.3 Å². The number of hydrogen-bond donors (Lipinski definition) is 3. The van der Waals surface area contributed by atoms with Gasteiger partial charge in [-0.25, -0.2) is 5.43 Å². The van der Waals surface area contributed by atoms with E-state index in [0.717, 1.165) is 35.8 Å². The molecule has 3 N–H and O–H groups in total. The van der Waals surface area contributed by atoms with E-state index in [0.29, 0.717) is 30.8 Å². The molecule has 5 rings (SSSR count). The SMILES string of the molecule is CC1C(=O)NN=C2COc3cc(OCc4ccccc4)c(NC4CNC4)cc3N21. The minimum atomic E-state index is -0.362. The Morgan fingerprint density at radius 1 is 1.28 bits per heavy atom. The predicted molar refractivity (Wildman–Crippen MR) is 111 cm³/mol. The lowest BCUT2D eigenvalue weighted by Gasteiger charge is -2.39. The van der Waals surface area contributed by atoms with Crippen LogP contribution in [0.15, 0.2) is 47.6 Å². The first kappa shape index (κ1) is 17.8. The highest BCUT2D eigenvalue weighted by molar-refractivity contribution is 6.09. The van der Waals surface area contributed by atoms with Crippen LogP contribution in [0.3, 0.4) is 0 Å². The summed E-state index contributed by atoms with van der Waals surface area (Å²) in [5.41, 5.74) is 5.35. The number of amidine groups is 1. The number of carbonyl (C=O) groups excluding carboxylic acids is 1. The third-order valence-electron chi connectivity index (χ3n) is 5.40. The fourth-order valence-electron chi connectivity index (χ4n) is 3.63. The summed E-state index contributed by atoms with van der Waals surface area (Å²) >= 11 is 0. The molecule has 2 aromatic rings. The summed E-state index contributed by atoms with van der Waals surface area (Å²) in [6.45, 7) is 4.44. The van der Waals surface area contributed by atoms with Crippen LogP contribution in [-0.2, 0) is 11.4 Å². The van der Waals surface area contributed by atoms with Crippen molar-refractivity contribution in [3.8, 4) is 11.5 Å². The maximum absolute atomic E-state index is 12.2. The van der Waals surface area contributed by atoms with Crippen LogP contribution in [0.2, 0.25) is 0 Å². The molecule has 2 aromatic carbocycles. The Morgan fingerprint density at radius 3 is 2.86 bits per heavy atom. The molecule has 0 radical (unpaired) electrons. The Balaban J connectivity index is 1.49. The van der Waals surface area contributed by atoms with Gasteiger partial charge in [0.15, 0.2) is 5.84 Å². The topological polar surface area (TPSA) is 87.2 Å². The summed E-state index contributed by atoms with van der Waals surface area (Å²) < 4.78 is 12.1. The van der Waals surface area contributed by atoms with E-state index in [9.17, 15) is 4.79 Å². The second-order valence-electron chi connectivity index (χ2n) is 7.43. The lowest BCUT2D eigenvalue weighted by Crippen LogP contribution is -2.55. The van der Waals surface area contributed by atoms with E-state index in [2.05, 4.69) is 21.2 Å². The fraction of sp³-hybridized carbons (Fsp3) is 0.333. The second kappa shape index (κ2) is 7.29. The number of ether oxygens (including phenoxy) is 2. The van der Waals surface area contributed by atoms with Crippen molar-refractivity contribution in [2.75, 3.05) is 29.9 Å². The van der Waals surface area contributed by atoms with Gasteiger partial charge in [0.05, 0.1) is 17.4 Å². The van der Waals surface area contributed by atoms with Gasteiger partial charge in [0.25, 0.3) is 5.91 Å². The van der Waals surface area contributed by atoms with Crippen LogP contribution in [0, 0.1) is 0 Å². The van der Waals surface area contributed by atoms with E-state index in [1.54, 1.807) is 0 Å². The Morgan fingerprint density at radius 2 is 2.10 bits per heavy atom. The third kappa shape index (κ3) is 3.36. The average Bonchev–Trinajstić information content (AvgIpc) is 2.72. The molecular formula is C21H23N5O3. The van der Waals surface area contributed by atoms with Crippen LogP contribution in [0.1, 0.15) is 12.5 Å². The molecule has 3 aliphatic rings. The first-order chi connectivity index (χ1) is 14.2. The van der Waals surface area contributed by atoms with Crippen molar-refractivity contribution in [1.82, 2.24) is 10.7 Å². The molecule has 0 bridgehead atoms. The molecule has 0 aliphatic carbocycles. The summed E-state index contributed by atoms with van der Waals surface area (Å²) in [5, 5.41) is 11.0. The Labute approximate surface area is 168 Å². The second-order valence-corrected chi connectivity index (χ2v) is 7.43. The lowest BCUT2D eigenvalue weighted by molar-refractivity contribution is -0.122. The number of hydrogen-bond acceptors (Lipinski definition) is 7. The van der Waals surface area contributed by atoms with Crippen LogP contribution in [-0.4, -0.2) is 43.5 Å². The Bertz CT molecular complexity index is 958. The Hall–Kier alpha value is -3.26. The molecule has 150 valence electrons. The van der Waals surface area contributed by atoms with Crippen LogP contribution in [0.5, 0.6) is 11.5 Å². The standard InChI is InChI=1S/C21H23N5O3/c1-13-21(27)25-24-20-12-29-19-8-18(28-11-14-5-3-2-4-6-14)16(7-17(19)26(13)20)23-15-9-22-10-15/h2-8,13,15,22-23H,9-12H2,1H3,(H,25,27). The molecule has 1 saturated heterocycles.